The monoisotopic (exact) mass is 380 g/mol. The number of halogens is 3. The predicted octanol–water partition coefficient (Wildman–Crippen LogP) is 6.37. The van der Waals surface area contributed by atoms with Crippen molar-refractivity contribution in [2.24, 2.45) is 0 Å². The van der Waals surface area contributed by atoms with Gasteiger partial charge in [-0.15, -0.1) is 0 Å². The van der Waals surface area contributed by atoms with Gasteiger partial charge in [0.1, 0.15) is 0 Å². The predicted molar refractivity (Wildman–Crippen MR) is 105 cm³/mol. The van der Waals surface area contributed by atoms with Gasteiger partial charge in [0.05, 0.1) is 5.56 Å². The van der Waals surface area contributed by atoms with E-state index in [4.69, 9.17) is 0 Å². The van der Waals surface area contributed by atoms with Gasteiger partial charge in [-0.3, -0.25) is 9.97 Å². The molecule has 28 heavy (non-hydrogen) atoms. The van der Waals surface area contributed by atoms with E-state index in [0.29, 0.717) is 10.8 Å². The zero-order valence-electron chi connectivity index (χ0n) is 15.2. The summed E-state index contributed by atoms with van der Waals surface area (Å²) >= 11 is 0. The molecular weight excluding hydrogens is 361 g/mol. The number of rotatable bonds is 0. The molecule has 0 bridgehead atoms. The van der Waals surface area contributed by atoms with Gasteiger partial charge in [0.25, 0.3) is 0 Å². The topological polar surface area (TPSA) is 25.8 Å². The fraction of sp³-hybridized carbons (Fsp3) is 0.217. The molecule has 5 heteroatoms. The van der Waals surface area contributed by atoms with Crippen LogP contribution in [0.25, 0.3) is 21.5 Å². The third-order valence-corrected chi connectivity index (χ3v) is 5.17. The Morgan fingerprint density at radius 3 is 1.93 bits per heavy atom. The minimum Gasteiger partial charge on any atom is -0.262 e. The van der Waals surface area contributed by atoms with Crippen molar-refractivity contribution < 1.29 is 13.2 Å². The lowest BCUT2D eigenvalue weighted by Gasteiger charge is -2.19. The second-order valence-corrected chi connectivity index (χ2v) is 6.86. The molecule has 5 rings (SSSR count). The fourth-order valence-electron chi connectivity index (χ4n) is 3.93. The van der Waals surface area contributed by atoms with E-state index in [-0.39, 0.29) is 0 Å². The van der Waals surface area contributed by atoms with Crippen molar-refractivity contribution in [3.63, 3.8) is 0 Å². The van der Waals surface area contributed by atoms with Gasteiger partial charge < -0.3 is 0 Å². The van der Waals surface area contributed by atoms with E-state index in [2.05, 4.69) is 16.0 Å². The number of alkyl halides is 3. The number of nitrogens with zero attached hydrogens (tertiary/aromatic N) is 2. The van der Waals surface area contributed by atoms with Crippen LogP contribution in [-0.4, -0.2) is 9.97 Å². The fourth-order valence-corrected chi connectivity index (χ4v) is 3.93. The molecule has 1 aliphatic carbocycles. The van der Waals surface area contributed by atoms with E-state index < -0.39 is 11.7 Å². The first-order chi connectivity index (χ1) is 13.6. The van der Waals surface area contributed by atoms with Gasteiger partial charge in [0.15, 0.2) is 0 Å². The van der Waals surface area contributed by atoms with Crippen molar-refractivity contribution in [1.29, 1.82) is 0 Å². The zero-order chi connectivity index (χ0) is 19.6. The van der Waals surface area contributed by atoms with Crippen LogP contribution in [0.2, 0.25) is 0 Å². The summed E-state index contributed by atoms with van der Waals surface area (Å²) in [5.74, 6) is 0. The molecular formula is C23H19F3N2. The Balaban J connectivity index is 0.000000275. The van der Waals surface area contributed by atoms with Gasteiger partial charge in [0.2, 0.25) is 0 Å². The van der Waals surface area contributed by atoms with Crippen LogP contribution in [0.15, 0.2) is 67.3 Å². The number of benzene rings is 3. The molecule has 0 saturated carbocycles. The summed E-state index contributed by atoms with van der Waals surface area (Å²) in [4.78, 5) is 7.44. The summed E-state index contributed by atoms with van der Waals surface area (Å²) in [5, 5.41) is 3.03. The second kappa shape index (κ2) is 7.58. The van der Waals surface area contributed by atoms with Gasteiger partial charge in [-0.1, -0.05) is 36.4 Å². The molecule has 0 amide bonds. The molecule has 3 aromatic carbocycles. The Hall–Kier alpha value is -2.95. The summed E-state index contributed by atoms with van der Waals surface area (Å²) in [5.41, 5.74) is 2.12. The second-order valence-electron chi connectivity index (χ2n) is 6.86. The van der Waals surface area contributed by atoms with E-state index in [1.807, 2.05) is 12.1 Å². The molecule has 0 unspecified atom stereocenters. The van der Waals surface area contributed by atoms with Gasteiger partial charge in [0, 0.05) is 24.8 Å². The standard InChI is InChI=1S/C19H15F3.C4H4N2/c20-19(21,22)18-7-3-6-14-16-9-8-12-4-1-2-5-13(12)15(16)10-11-17(14)18;1-2-6-4-3-5-1/h3,6-11H,1-2,4-5H2;1-4H. The van der Waals surface area contributed by atoms with Crippen molar-refractivity contribution in [3.05, 3.63) is 83.9 Å². The molecule has 1 aromatic heterocycles. The lowest BCUT2D eigenvalue weighted by Crippen LogP contribution is -2.06. The first kappa shape index (κ1) is 18.4. The largest absolute Gasteiger partial charge is 0.417 e. The Kier molecular flexibility index (Phi) is 4.99. The van der Waals surface area contributed by atoms with Crippen LogP contribution in [0.3, 0.4) is 0 Å². The highest BCUT2D eigenvalue weighted by atomic mass is 19.4. The molecule has 0 fully saturated rings. The molecule has 0 spiro atoms. The maximum Gasteiger partial charge on any atom is 0.417 e. The van der Waals surface area contributed by atoms with E-state index in [1.165, 1.54) is 23.6 Å². The minimum absolute atomic E-state index is 0.290. The molecule has 0 atom stereocenters. The van der Waals surface area contributed by atoms with E-state index in [9.17, 15) is 13.2 Å². The summed E-state index contributed by atoms with van der Waals surface area (Å²) in [6, 6.07) is 12.0. The SMILES string of the molecule is FC(F)(F)c1cccc2c1ccc1c3c(ccc12)CCCC3.c1cnccn1. The Labute approximate surface area is 161 Å². The highest BCUT2D eigenvalue weighted by Gasteiger charge is 2.32. The molecule has 1 heterocycles. The number of aromatic nitrogens is 2. The van der Waals surface area contributed by atoms with Gasteiger partial charge in [-0.25, -0.2) is 0 Å². The van der Waals surface area contributed by atoms with E-state index in [0.717, 1.165) is 36.1 Å². The smallest absolute Gasteiger partial charge is 0.262 e. The Morgan fingerprint density at radius 1 is 0.643 bits per heavy atom. The van der Waals surface area contributed by atoms with Crippen LogP contribution in [0.5, 0.6) is 0 Å². The molecule has 1 aliphatic rings. The molecule has 2 nitrogen and oxygen atoms in total. The summed E-state index contributed by atoms with van der Waals surface area (Å²) in [7, 11) is 0. The molecule has 4 aromatic rings. The zero-order valence-corrected chi connectivity index (χ0v) is 15.2. The molecule has 142 valence electrons. The molecule has 0 radical (unpaired) electrons. The maximum atomic E-state index is 13.2. The van der Waals surface area contributed by atoms with Crippen LogP contribution in [0.1, 0.15) is 29.5 Å². The molecule has 0 aliphatic heterocycles. The van der Waals surface area contributed by atoms with E-state index >= 15 is 0 Å². The van der Waals surface area contributed by atoms with Crippen LogP contribution < -0.4 is 0 Å². The number of aryl methyl sites for hydroxylation is 2. The third kappa shape index (κ3) is 3.57. The maximum absolute atomic E-state index is 13.2. The average Bonchev–Trinajstić information content (AvgIpc) is 2.74. The quantitative estimate of drug-likeness (QED) is 0.331. The van der Waals surface area contributed by atoms with Crippen LogP contribution in [0, 0.1) is 0 Å². The summed E-state index contributed by atoms with van der Waals surface area (Å²) in [6.45, 7) is 0. The van der Waals surface area contributed by atoms with Crippen molar-refractivity contribution in [2.45, 2.75) is 31.9 Å². The minimum atomic E-state index is -4.32. The molecule has 0 N–H and O–H groups in total. The summed E-state index contributed by atoms with van der Waals surface area (Å²) < 4.78 is 39.6. The highest BCUT2D eigenvalue weighted by molar-refractivity contribution is 6.09. The Bertz CT molecular complexity index is 1080. The summed E-state index contributed by atoms with van der Waals surface area (Å²) in [6.07, 6.45) is 6.70. The van der Waals surface area contributed by atoms with Crippen molar-refractivity contribution in [1.82, 2.24) is 9.97 Å². The van der Waals surface area contributed by atoms with Crippen molar-refractivity contribution in [2.75, 3.05) is 0 Å². The van der Waals surface area contributed by atoms with Gasteiger partial charge >= 0.3 is 6.18 Å². The van der Waals surface area contributed by atoms with Crippen molar-refractivity contribution in [3.8, 4) is 0 Å². The third-order valence-electron chi connectivity index (χ3n) is 5.17. The normalized spacial score (nSPS) is 13.7. The van der Waals surface area contributed by atoms with Crippen LogP contribution in [0.4, 0.5) is 13.2 Å². The number of hydrogen-bond donors (Lipinski definition) is 0. The Morgan fingerprint density at radius 2 is 1.25 bits per heavy atom. The molecule has 0 saturated heterocycles. The first-order valence-corrected chi connectivity index (χ1v) is 9.29. The van der Waals surface area contributed by atoms with Gasteiger partial charge in [-0.05, 0) is 64.4 Å². The van der Waals surface area contributed by atoms with Crippen LogP contribution in [-0.2, 0) is 19.0 Å². The lowest BCUT2D eigenvalue weighted by atomic mass is 9.86. The number of hydrogen-bond acceptors (Lipinski definition) is 2. The van der Waals surface area contributed by atoms with Crippen LogP contribution >= 0.6 is 0 Å². The lowest BCUT2D eigenvalue weighted by molar-refractivity contribution is -0.136. The highest BCUT2D eigenvalue weighted by Crippen LogP contribution is 2.39. The first-order valence-electron chi connectivity index (χ1n) is 9.29. The van der Waals surface area contributed by atoms with Crippen molar-refractivity contribution >= 4 is 21.5 Å². The van der Waals surface area contributed by atoms with Gasteiger partial charge in [-0.2, -0.15) is 13.2 Å². The average molecular weight is 380 g/mol. The van der Waals surface area contributed by atoms with E-state index in [1.54, 1.807) is 36.9 Å². The number of fused-ring (bicyclic) bond motifs is 5.